The van der Waals surface area contributed by atoms with Crippen LogP contribution >= 0.6 is 0 Å². The fourth-order valence-corrected chi connectivity index (χ4v) is 1.65. The Kier molecular flexibility index (Phi) is 10.8. The molecule has 0 aliphatic carbocycles. The van der Waals surface area contributed by atoms with E-state index in [4.69, 9.17) is 17.0 Å². The summed E-state index contributed by atoms with van der Waals surface area (Å²) in [6, 6.07) is 0. The van der Waals surface area contributed by atoms with E-state index in [0.717, 1.165) is 25.2 Å². The number of hydrogen-bond donors (Lipinski definition) is 0. The van der Waals surface area contributed by atoms with Crippen LogP contribution in [0.5, 0.6) is 0 Å². The van der Waals surface area contributed by atoms with Gasteiger partial charge in [-0.05, 0) is 0 Å². The second-order valence-corrected chi connectivity index (χ2v) is 6.61. The molecule has 5 heteroatoms. The molecule has 113 valence electrons. The van der Waals surface area contributed by atoms with Crippen LogP contribution in [-0.2, 0) is 42.2 Å². The Labute approximate surface area is 134 Å². The molecule has 0 aliphatic heterocycles. The van der Waals surface area contributed by atoms with Gasteiger partial charge in [0.25, 0.3) is 0 Å². The Balaban J connectivity index is 4.45. The van der Waals surface area contributed by atoms with Gasteiger partial charge in [-0.1, -0.05) is 0 Å². The van der Waals surface area contributed by atoms with E-state index in [1.807, 2.05) is 0 Å². The molecule has 0 amide bonds. The van der Waals surface area contributed by atoms with E-state index in [-0.39, 0.29) is 0 Å². The third-order valence-corrected chi connectivity index (χ3v) is 2.92. The summed E-state index contributed by atoms with van der Waals surface area (Å²) >= 11 is 0.918. The van der Waals surface area contributed by atoms with Gasteiger partial charge < -0.3 is 0 Å². The van der Waals surface area contributed by atoms with Crippen molar-refractivity contribution in [3.8, 4) is 0 Å². The normalized spacial score (nSPS) is 12.8. The molecule has 0 aromatic heterocycles. The average molecular weight is 353 g/mol. The van der Waals surface area contributed by atoms with E-state index in [0.29, 0.717) is 44.2 Å². The molecule has 0 radical (unpaired) electrons. The van der Waals surface area contributed by atoms with Crippen molar-refractivity contribution in [3.63, 3.8) is 0 Å². The van der Waals surface area contributed by atoms with Crippen LogP contribution in [0, 0.1) is 17.8 Å². The molecule has 0 aromatic carbocycles. The fourth-order valence-electron chi connectivity index (χ4n) is 1.22. The predicted molar refractivity (Wildman–Crippen MR) is 71.1 cm³/mol. The Morgan fingerprint density at radius 3 is 1.53 bits per heavy atom. The third-order valence-electron chi connectivity index (χ3n) is 2.16. The van der Waals surface area contributed by atoms with Crippen LogP contribution in [0.3, 0.4) is 0 Å². The monoisotopic (exact) mass is 351 g/mol. The van der Waals surface area contributed by atoms with Crippen molar-refractivity contribution < 1.29 is 42.2 Å². The Morgan fingerprint density at radius 1 is 0.789 bits per heavy atom. The van der Waals surface area contributed by atoms with Crippen molar-refractivity contribution in [2.24, 2.45) is 17.8 Å². The molecule has 4 nitrogen and oxygen atoms in total. The van der Waals surface area contributed by atoms with E-state index in [2.05, 4.69) is 41.5 Å². The molecular weight excluding hydrogens is 323 g/mol. The minimum atomic E-state index is -1.04. The van der Waals surface area contributed by atoms with E-state index in [1.165, 1.54) is 0 Å². The maximum atomic E-state index is 5.83. The van der Waals surface area contributed by atoms with Gasteiger partial charge in [0.2, 0.25) is 0 Å². The molecule has 0 unspecified atom stereocenters. The summed E-state index contributed by atoms with van der Waals surface area (Å²) in [4.78, 5) is 0. The SMILES string of the molecule is CC(C)COCC([O][Zr])(OCC(C)C)OCC(C)C. The predicted octanol–water partition coefficient (Wildman–Crippen LogP) is 3.14. The van der Waals surface area contributed by atoms with Crippen molar-refractivity contribution in [1.82, 2.24) is 0 Å². The first-order valence-electron chi connectivity index (χ1n) is 7.01. The van der Waals surface area contributed by atoms with Crippen LogP contribution < -0.4 is 0 Å². The first kappa shape index (κ1) is 19.7. The van der Waals surface area contributed by atoms with Gasteiger partial charge in [0.15, 0.2) is 0 Å². The van der Waals surface area contributed by atoms with Gasteiger partial charge in [0.1, 0.15) is 0 Å². The molecule has 0 atom stereocenters. The number of hydrogen-bond acceptors (Lipinski definition) is 4. The van der Waals surface area contributed by atoms with Gasteiger partial charge >= 0.3 is 134 Å². The standard InChI is InChI=1S/C14H29O4.Zr/c1-11(2)7-16-10-14(15,17-8-12(3)4)18-9-13(5)6;/h11-13H,7-10H2,1-6H3;/q-1;+1. The number of ether oxygens (including phenoxy) is 3. The van der Waals surface area contributed by atoms with Crippen LogP contribution in [0.2, 0.25) is 0 Å². The molecule has 0 heterocycles. The molecule has 0 N–H and O–H groups in total. The zero-order chi connectivity index (χ0) is 14.9. The molecule has 0 saturated carbocycles. The van der Waals surface area contributed by atoms with Gasteiger partial charge in [-0.15, -0.1) is 0 Å². The van der Waals surface area contributed by atoms with Gasteiger partial charge in [-0.25, -0.2) is 0 Å². The molecule has 0 saturated heterocycles. The van der Waals surface area contributed by atoms with Gasteiger partial charge in [-0.3, -0.25) is 0 Å². The molecule has 0 spiro atoms. The van der Waals surface area contributed by atoms with E-state index in [9.17, 15) is 0 Å². The number of rotatable bonds is 11. The zero-order valence-electron chi connectivity index (χ0n) is 13.2. The van der Waals surface area contributed by atoms with Crippen LogP contribution in [-0.4, -0.2) is 32.4 Å². The maximum absolute atomic E-state index is 5.83. The molecule has 0 aromatic rings. The Morgan fingerprint density at radius 2 is 1.21 bits per heavy atom. The van der Waals surface area contributed by atoms with Crippen LogP contribution in [0.15, 0.2) is 0 Å². The minimum absolute atomic E-state index is 0.315. The van der Waals surface area contributed by atoms with Crippen molar-refractivity contribution in [2.75, 3.05) is 26.4 Å². The third kappa shape index (κ3) is 10.1. The Hall–Kier alpha value is 0.723. The molecule has 0 aliphatic rings. The second kappa shape index (κ2) is 10.4. The van der Waals surface area contributed by atoms with Gasteiger partial charge in [0.05, 0.1) is 0 Å². The van der Waals surface area contributed by atoms with E-state index >= 15 is 0 Å². The summed E-state index contributed by atoms with van der Waals surface area (Å²) in [6.45, 7) is 14.8. The van der Waals surface area contributed by atoms with Crippen molar-refractivity contribution in [1.29, 1.82) is 0 Å². The molecular formula is C14H29O4Zr. The van der Waals surface area contributed by atoms with E-state index in [1.54, 1.807) is 0 Å². The molecule has 0 fully saturated rings. The van der Waals surface area contributed by atoms with Crippen molar-refractivity contribution in [3.05, 3.63) is 0 Å². The van der Waals surface area contributed by atoms with Crippen molar-refractivity contribution >= 4 is 0 Å². The summed E-state index contributed by atoms with van der Waals surface area (Å²) < 4.78 is 22.8. The van der Waals surface area contributed by atoms with Crippen molar-refractivity contribution in [2.45, 2.75) is 47.5 Å². The second-order valence-electron chi connectivity index (χ2n) is 6.10. The summed E-state index contributed by atoms with van der Waals surface area (Å²) in [5.41, 5.74) is 0. The average Bonchev–Trinajstić information content (AvgIpc) is 2.31. The first-order valence-corrected chi connectivity index (χ1v) is 8.02. The van der Waals surface area contributed by atoms with Crippen LogP contribution in [0.25, 0.3) is 0 Å². The van der Waals surface area contributed by atoms with Crippen LogP contribution in [0.1, 0.15) is 41.5 Å². The summed E-state index contributed by atoms with van der Waals surface area (Å²) in [5.74, 6) is 0.302. The van der Waals surface area contributed by atoms with Crippen LogP contribution in [0.4, 0.5) is 0 Å². The summed E-state index contributed by atoms with van der Waals surface area (Å²) in [5, 5.41) is 0. The molecule has 0 rings (SSSR count). The zero-order valence-corrected chi connectivity index (χ0v) is 15.7. The topological polar surface area (TPSA) is 36.9 Å². The molecule has 0 bridgehead atoms. The van der Waals surface area contributed by atoms with Gasteiger partial charge in [-0.2, -0.15) is 0 Å². The van der Waals surface area contributed by atoms with Gasteiger partial charge in [0, 0.05) is 0 Å². The van der Waals surface area contributed by atoms with E-state index < -0.39 is 5.97 Å². The fraction of sp³-hybridized carbons (Fsp3) is 1.00. The quantitative estimate of drug-likeness (QED) is 0.535. The molecule has 19 heavy (non-hydrogen) atoms. The summed E-state index contributed by atoms with van der Waals surface area (Å²) in [7, 11) is 0. The first-order chi connectivity index (χ1) is 8.81. The Bertz CT molecular complexity index is 207. The summed E-state index contributed by atoms with van der Waals surface area (Å²) in [6.07, 6.45) is 0.